The van der Waals surface area contributed by atoms with E-state index in [1.165, 1.54) is 29.5 Å². The highest BCUT2D eigenvalue weighted by Gasteiger charge is 2.18. The van der Waals surface area contributed by atoms with Crippen molar-refractivity contribution in [2.24, 2.45) is 0 Å². The van der Waals surface area contributed by atoms with Crippen molar-refractivity contribution >= 4 is 33.0 Å². The van der Waals surface area contributed by atoms with Gasteiger partial charge in [-0.1, -0.05) is 11.6 Å². The second-order valence-corrected chi connectivity index (χ2v) is 7.14. The second kappa shape index (κ2) is 5.89. The highest BCUT2D eigenvalue weighted by molar-refractivity contribution is 7.89. The Hall–Kier alpha value is -1.46. The Balaban J connectivity index is 2.24. The maximum Gasteiger partial charge on any atom is 0.242 e. The van der Waals surface area contributed by atoms with Gasteiger partial charge in [0.05, 0.1) is 33.9 Å². The molecule has 8 heteroatoms. The van der Waals surface area contributed by atoms with Gasteiger partial charge in [-0.15, -0.1) is 11.3 Å². The highest BCUT2D eigenvalue weighted by atomic mass is 35.5. The number of nitrogens with one attached hydrogen (secondary N) is 1. The van der Waals surface area contributed by atoms with Crippen LogP contribution in [0.1, 0.15) is 16.3 Å². The Kier molecular flexibility index (Phi) is 4.40. The monoisotopic (exact) mass is 327 g/mol. The van der Waals surface area contributed by atoms with Gasteiger partial charge in [-0.25, -0.2) is 18.1 Å². The maximum absolute atomic E-state index is 12.2. The zero-order chi connectivity index (χ0) is 14.8. The van der Waals surface area contributed by atoms with Crippen LogP contribution in [0.25, 0.3) is 0 Å². The number of nitrogens with zero attached hydrogens (tertiary/aromatic N) is 2. The lowest BCUT2D eigenvalue weighted by Crippen LogP contribution is -2.23. The summed E-state index contributed by atoms with van der Waals surface area (Å²) < 4.78 is 26.8. The van der Waals surface area contributed by atoms with E-state index in [1.54, 1.807) is 5.38 Å². The third kappa shape index (κ3) is 3.35. The van der Waals surface area contributed by atoms with E-state index >= 15 is 0 Å². The average Bonchev–Trinajstić information content (AvgIpc) is 2.83. The van der Waals surface area contributed by atoms with Gasteiger partial charge in [0.25, 0.3) is 0 Å². The van der Waals surface area contributed by atoms with Gasteiger partial charge in [0, 0.05) is 5.38 Å². The SMILES string of the molecule is Cc1nc(CNS(=O)(=O)c2cc(C#N)ccc2Cl)cs1. The largest absolute Gasteiger partial charge is 0.245 e. The summed E-state index contributed by atoms with van der Waals surface area (Å²) in [5.41, 5.74) is 0.878. The standard InChI is InChI=1S/C12H10ClN3O2S2/c1-8-16-10(7-19-8)6-15-20(17,18)12-4-9(5-14)2-3-11(12)13/h2-4,7,15H,6H2,1H3. The lowest BCUT2D eigenvalue weighted by molar-refractivity contribution is 0.580. The van der Waals surface area contributed by atoms with Crippen molar-refractivity contribution in [3.05, 3.63) is 44.9 Å². The molecule has 0 radical (unpaired) electrons. The molecule has 1 N–H and O–H groups in total. The second-order valence-electron chi connectivity index (χ2n) is 3.94. The lowest BCUT2D eigenvalue weighted by atomic mass is 10.2. The summed E-state index contributed by atoms with van der Waals surface area (Å²) >= 11 is 7.33. The summed E-state index contributed by atoms with van der Waals surface area (Å²) in [5.74, 6) is 0. The molecule has 0 saturated heterocycles. The predicted octanol–water partition coefficient (Wildman–Crippen LogP) is 2.46. The topological polar surface area (TPSA) is 82.8 Å². The molecule has 1 aromatic carbocycles. The zero-order valence-corrected chi connectivity index (χ0v) is 12.8. The van der Waals surface area contributed by atoms with Crippen LogP contribution in [0.5, 0.6) is 0 Å². The van der Waals surface area contributed by atoms with E-state index in [2.05, 4.69) is 9.71 Å². The average molecular weight is 328 g/mol. The molecular formula is C12H10ClN3O2S2. The molecule has 1 heterocycles. The van der Waals surface area contributed by atoms with Gasteiger partial charge in [0.2, 0.25) is 10.0 Å². The summed E-state index contributed by atoms with van der Waals surface area (Å²) in [6.45, 7) is 1.93. The normalized spacial score (nSPS) is 11.2. The number of hydrogen-bond donors (Lipinski definition) is 1. The Labute approximate surface area is 125 Å². The minimum Gasteiger partial charge on any atom is -0.245 e. The first-order chi connectivity index (χ1) is 9.42. The fourth-order valence-electron chi connectivity index (χ4n) is 1.51. The molecule has 0 fully saturated rings. The molecule has 1 aromatic heterocycles. The minimum absolute atomic E-state index is 0.0750. The van der Waals surface area contributed by atoms with E-state index < -0.39 is 10.0 Å². The first-order valence-corrected chi connectivity index (χ1v) is 8.27. The van der Waals surface area contributed by atoms with Crippen LogP contribution in [-0.2, 0) is 16.6 Å². The third-order valence-electron chi connectivity index (χ3n) is 2.46. The number of aryl methyl sites for hydroxylation is 1. The van der Waals surface area contributed by atoms with E-state index in [0.29, 0.717) is 5.69 Å². The lowest BCUT2D eigenvalue weighted by Gasteiger charge is -2.07. The number of aromatic nitrogens is 1. The van der Waals surface area contributed by atoms with Gasteiger partial charge in [0.1, 0.15) is 4.90 Å². The van der Waals surface area contributed by atoms with Crippen LogP contribution < -0.4 is 4.72 Å². The van der Waals surface area contributed by atoms with Crippen LogP contribution in [-0.4, -0.2) is 13.4 Å². The van der Waals surface area contributed by atoms with Crippen LogP contribution >= 0.6 is 22.9 Å². The fourth-order valence-corrected chi connectivity index (χ4v) is 3.65. The van der Waals surface area contributed by atoms with Crippen molar-refractivity contribution in [3.63, 3.8) is 0 Å². The van der Waals surface area contributed by atoms with Crippen molar-refractivity contribution in [3.8, 4) is 6.07 Å². The molecule has 0 aliphatic rings. The Morgan fingerprint density at radius 3 is 2.85 bits per heavy atom. The van der Waals surface area contributed by atoms with Gasteiger partial charge < -0.3 is 0 Å². The molecule has 104 valence electrons. The number of halogens is 1. The van der Waals surface area contributed by atoms with Crippen LogP contribution in [0.2, 0.25) is 5.02 Å². The summed E-state index contributed by atoms with van der Waals surface area (Å²) in [5, 5.41) is 11.5. The Morgan fingerprint density at radius 2 is 2.25 bits per heavy atom. The quantitative estimate of drug-likeness (QED) is 0.935. The molecule has 0 aliphatic heterocycles. The number of sulfonamides is 1. The van der Waals surface area contributed by atoms with Crippen molar-refractivity contribution in [2.75, 3.05) is 0 Å². The molecule has 0 amide bonds. The molecule has 0 aliphatic carbocycles. The molecule has 0 atom stereocenters. The smallest absolute Gasteiger partial charge is 0.242 e. The van der Waals surface area contributed by atoms with E-state index in [9.17, 15) is 8.42 Å². The summed E-state index contributed by atoms with van der Waals surface area (Å²) in [7, 11) is -3.78. The van der Waals surface area contributed by atoms with Crippen LogP contribution in [0.3, 0.4) is 0 Å². The molecule has 5 nitrogen and oxygen atoms in total. The van der Waals surface area contributed by atoms with Crippen molar-refractivity contribution in [1.29, 1.82) is 5.26 Å². The Morgan fingerprint density at radius 1 is 1.50 bits per heavy atom. The number of nitriles is 1. The molecule has 0 bridgehead atoms. The fraction of sp³-hybridized carbons (Fsp3) is 0.167. The van der Waals surface area contributed by atoms with E-state index in [-0.39, 0.29) is 22.0 Å². The van der Waals surface area contributed by atoms with Gasteiger partial charge in [-0.2, -0.15) is 5.26 Å². The van der Waals surface area contributed by atoms with Gasteiger partial charge >= 0.3 is 0 Å². The first-order valence-electron chi connectivity index (χ1n) is 5.53. The van der Waals surface area contributed by atoms with Crippen molar-refractivity contribution in [1.82, 2.24) is 9.71 Å². The van der Waals surface area contributed by atoms with Gasteiger partial charge in [0.15, 0.2) is 0 Å². The van der Waals surface area contributed by atoms with Crippen LogP contribution in [0.4, 0.5) is 0 Å². The van der Waals surface area contributed by atoms with Crippen molar-refractivity contribution < 1.29 is 8.42 Å². The molecule has 0 saturated carbocycles. The maximum atomic E-state index is 12.2. The molecule has 20 heavy (non-hydrogen) atoms. The first kappa shape index (κ1) is 14.9. The molecule has 2 aromatic rings. The number of thiazole rings is 1. The van der Waals surface area contributed by atoms with E-state index in [4.69, 9.17) is 16.9 Å². The van der Waals surface area contributed by atoms with Crippen LogP contribution in [0, 0.1) is 18.3 Å². The van der Waals surface area contributed by atoms with Gasteiger partial charge in [-0.05, 0) is 25.1 Å². The Bertz CT molecular complexity index is 778. The molecule has 2 rings (SSSR count). The van der Waals surface area contributed by atoms with Gasteiger partial charge in [-0.3, -0.25) is 0 Å². The minimum atomic E-state index is -3.78. The zero-order valence-electron chi connectivity index (χ0n) is 10.4. The molecular weight excluding hydrogens is 318 g/mol. The van der Waals surface area contributed by atoms with E-state index in [1.807, 2.05) is 13.0 Å². The number of rotatable bonds is 4. The molecule has 0 spiro atoms. The van der Waals surface area contributed by atoms with Crippen molar-refractivity contribution in [2.45, 2.75) is 18.4 Å². The summed E-state index contributed by atoms with van der Waals surface area (Å²) in [4.78, 5) is 4.06. The number of benzene rings is 1. The third-order valence-corrected chi connectivity index (χ3v) is 5.16. The van der Waals surface area contributed by atoms with Crippen LogP contribution in [0.15, 0.2) is 28.5 Å². The summed E-state index contributed by atoms with van der Waals surface area (Å²) in [6.07, 6.45) is 0. The predicted molar refractivity (Wildman–Crippen MR) is 77.0 cm³/mol. The molecule has 0 unspecified atom stereocenters. The van der Waals surface area contributed by atoms with E-state index in [0.717, 1.165) is 5.01 Å². The number of hydrogen-bond acceptors (Lipinski definition) is 5. The summed E-state index contributed by atoms with van der Waals surface area (Å²) in [6, 6.07) is 5.98. The highest BCUT2D eigenvalue weighted by Crippen LogP contribution is 2.22.